The van der Waals surface area contributed by atoms with Crippen molar-refractivity contribution in [2.75, 3.05) is 0 Å². The van der Waals surface area contributed by atoms with Crippen LogP contribution in [0, 0.1) is 5.92 Å². The maximum absolute atomic E-state index is 5.28. The van der Waals surface area contributed by atoms with Crippen molar-refractivity contribution >= 4 is 11.6 Å². The van der Waals surface area contributed by atoms with Gasteiger partial charge in [-0.2, -0.15) is 0 Å². The highest BCUT2D eigenvalue weighted by Gasteiger charge is 2.48. The number of hydrogen-bond acceptors (Lipinski definition) is 2. The summed E-state index contributed by atoms with van der Waals surface area (Å²) >= 11 is 0. The SMILES string of the molecule is CCCc1cc2c(cc1/C(C)=C/c1ccno1)C(C)(C)C(C)C2(C)C. The van der Waals surface area contributed by atoms with E-state index in [1.165, 1.54) is 27.8 Å². The molecule has 0 amide bonds. The van der Waals surface area contributed by atoms with Crippen molar-refractivity contribution in [2.24, 2.45) is 5.92 Å². The Morgan fingerprint density at radius 2 is 1.80 bits per heavy atom. The Hall–Kier alpha value is -1.83. The van der Waals surface area contributed by atoms with Gasteiger partial charge in [0.2, 0.25) is 0 Å². The third kappa shape index (κ3) is 2.86. The minimum absolute atomic E-state index is 0.185. The molecule has 1 atom stereocenters. The molecule has 134 valence electrons. The topological polar surface area (TPSA) is 26.0 Å². The summed E-state index contributed by atoms with van der Waals surface area (Å²) in [7, 11) is 0. The number of aryl methyl sites for hydroxylation is 1. The first-order valence-corrected chi connectivity index (χ1v) is 9.46. The molecule has 0 bridgehead atoms. The van der Waals surface area contributed by atoms with Crippen LogP contribution in [-0.2, 0) is 17.3 Å². The first kappa shape index (κ1) is 18.0. The van der Waals surface area contributed by atoms with Crippen molar-refractivity contribution in [1.82, 2.24) is 5.16 Å². The fourth-order valence-corrected chi connectivity index (χ4v) is 4.51. The Bertz CT molecular complexity index is 794. The lowest BCUT2D eigenvalue weighted by molar-refractivity contribution is 0.264. The lowest BCUT2D eigenvalue weighted by atomic mass is 9.71. The van der Waals surface area contributed by atoms with Crippen LogP contribution in [0.4, 0.5) is 0 Å². The highest BCUT2D eigenvalue weighted by Crippen LogP contribution is 2.54. The summed E-state index contributed by atoms with van der Waals surface area (Å²) in [5, 5.41) is 3.82. The molecule has 25 heavy (non-hydrogen) atoms. The van der Waals surface area contributed by atoms with Crippen LogP contribution in [0.15, 0.2) is 28.9 Å². The standard InChI is InChI=1S/C23H31NO/c1-8-9-17-13-20-21(23(6,7)16(3)22(20,4)5)14-19(17)15(2)12-18-10-11-24-25-18/h10-14,16H,8-9H2,1-7H3/b15-12+. The van der Waals surface area contributed by atoms with Gasteiger partial charge in [0.1, 0.15) is 0 Å². The van der Waals surface area contributed by atoms with Gasteiger partial charge in [-0.1, -0.05) is 65.3 Å². The Labute approximate surface area is 152 Å². The zero-order valence-electron chi connectivity index (χ0n) is 16.7. The van der Waals surface area contributed by atoms with Crippen molar-refractivity contribution in [2.45, 2.75) is 72.1 Å². The van der Waals surface area contributed by atoms with E-state index in [9.17, 15) is 0 Å². The van der Waals surface area contributed by atoms with Crippen LogP contribution in [0.1, 0.15) is 82.9 Å². The van der Waals surface area contributed by atoms with Crippen molar-refractivity contribution in [3.63, 3.8) is 0 Å². The second kappa shape index (κ2) is 6.16. The van der Waals surface area contributed by atoms with Crippen LogP contribution in [0.5, 0.6) is 0 Å². The van der Waals surface area contributed by atoms with Crippen molar-refractivity contribution in [3.8, 4) is 0 Å². The molecule has 0 spiro atoms. The molecule has 2 heteroatoms. The summed E-state index contributed by atoms with van der Waals surface area (Å²) in [5.74, 6) is 1.42. The smallest absolute Gasteiger partial charge is 0.159 e. The van der Waals surface area contributed by atoms with Gasteiger partial charge in [0.05, 0.1) is 6.20 Å². The van der Waals surface area contributed by atoms with E-state index < -0.39 is 0 Å². The lowest BCUT2D eigenvalue weighted by Gasteiger charge is -2.32. The van der Waals surface area contributed by atoms with E-state index in [1.54, 1.807) is 6.20 Å². The van der Waals surface area contributed by atoms with E-state index in [4.69, 9.17) is 4.52 Å². The van der Waals surface area contributed by atoms with E-state index >= 15 is 0 Å². The largest absolute Gasteiger partial charge is 0.357 e. The molecule has 1 aliphatic rings. The predicted octanol–water partition coefficient (Wildman–Crippen LogP) is 6.39. The van der Waals surface area contributed by atoms with Gasteiger partial charge in [-0.05, 0) is 64.0 Å². The monoisotopic (exact) mass is 337 g/mol. The van der Waals surface area contributed by atoms with Crippen LogP contribution >= 0.6 is 0 Å². The zero-order chi connectivity index (χ0) is 18.4. The maximum atomic E-state index is 5.28. The number of aromatic nitrogens is 1. The molecule has 0 saturated carbocycles. The van der Waals surface area contributed by atoms with E-state index in [0.29, 0.717) is 5.92 Å². The van der Waals surface area contributed by atoms with Gasteiger partial charge in [-0.15, -0.1) is 0 Å². The summed E-state index contributed by atoms with van der Waals surface area (Å²) < 4.78 is 5.28. The third-order valence-electron chi connectivity index (χ3n) is 6.56. The summed E-state index contributed by atoms with van der Waals surface area (Å²) in [6, 6.07) is 6.84. The molecule has 2 aromatic rings. The highest BCUT2D eigenvalue weighted by atomic mass is 16.5. The third-order valence-corrected chi connectivity index (χ3v) is 6.56. The average Bonchev–Trinajstić information content (AvgIpc) is 3.10. The number of rotatable bonds is 4. The zero-order valence-corrected chi connectivity index (χ0v) is 16.7. The fourth-order valence-electron chi connectivity index (χ4n) is 4.51. The Kier molecular flexibility index (Phi) is 4.43. The normalized spacial score (nSPS) is 21.4. The van der Waals surface area contributed by atoms with Gasteiger partial charge >= 0.3 is 0 Å². The van der Waals surface area contributed by atoms with Crippen molar-refractivity contribution in [1.29, 1.82) is 0 Å². The van der Waals surface area contributed by atoms with Gasteiger partial charge in [-0.25, -0.2) is 0 Å². The molecule has 1 aromatic heterocycles. The van der Waals surface area contributed by atoms with E-state index in [2.05, 4.69) is 71.8 Å². The van der Waals surface area contributed by atoms with Crippen LogP contribution in [0.2, 0.25) is 0 Å². The van der Waals surface area contributed by atoms with Crippen molar-refractivity contribution in [3.05, 3.63) is 52.4 Å². The van der Waals surface area contributed by atoms with Gasteiger partial charge in [0, 0.05) is 6.07 Å². The highest BCUT2D eigenvalue weighted by molar-refractivity contribution is 5.81. The second-order valence-electron chi connectivity index (χ2n) is 8.71. The van der Waals surface area contributed by atoms with Crippen LogP contribution in [0.25, 0.3) is 11.6 Å². The number of hydrogen-bond donors (Lipinski definition) is 0. The summed E-state index contributed by atoms with van der Waals surface area (Å²) in [6.07, 6.45) is 6.06. The number of benzene rings is 1. The molecule has 1 aliphatic carbocycles. The minimum Gasteiger partial charge on any atom is -0.357 e. The van der Waals surface area contributed by atoms with Crippen molar-refractivity contribution < 1.29 is 4.52 Å². The van der Waals surface area contributed by atoms with E-state index in [1.807, 2.05) is 6.07 Å². The quantitative estimate of drug-likeness (QED) is 0.646. The number of nitrogens with zero attached hydrogens (tertiary/aromatic N) is 1. The number of allylic oxidation sites excluding steroid dienone is 1. The molecule has 1 unspecified atom stereocenters. The first-order chi connectivity index (χ1) is 11.7. The average molecular weight is 338 g/mol. The van der Waals surface area contributed by atoms with Gasteiger partial charge < -0.3 is 4.52 Å². The molecular formula is C23H31NO. The van der Waals surface area contributed by atoms with E-state index in [-0.39, 0.29) is 10.8 Å². The van der Waals surface area contributed by atoms with Gasteiger partial charge in [0.15, 0.2) is 5.76 Å². The number of fused-ring (bicyclic) bond motifs is 1. The molecule has 1 aromatic carbocycles. The maximum Gasteiger partial charge on any atom is 0.159 e. The lowest BCUT2D eigenvalue weighted by Crippen LogP contribution is -2.30. The predicted molar refractivity (Wildman–Crippen MR) is 106 cm³/mol. The molecule has 0 fully saturated rings. The van der Waals surface area contributed by atoms with Crippen LogP contribution < -0.4 is 0 Å². The molecule has 0 radical (unpaired) electrons. The molecule has 0 saturated heterocycles. The molecule has 1 heterocycles. The fraction of sp³-hybridized carbons (Fsp3) is 0.522. The second-order valence-corrected chi connectivity index (χ2v) is 8.71. The van der Waals surface area contributed by atoms with E-state index in [0.717, 1.165) is 18.6 Å². The van der Waals surface area contributed by atoms with Gasteiger partial charge in [-0.3, -0.25) is 0 Å². The molecule has 0 aliphatic heterocycles. The summed E-state index contributed by atoms with van der Waals surface area (Å²) in [4.78, 5) is 0. The van der Waals surface area contributed by atoms with Gasteiger partial charge in [0.25, 0.3) is 0 Å². The van der Waals surface area contributed by atoms with Crippen LogP contribution in [-0.4, -0.2) is 5.16 Å². The molecule has 2 nitrogen and oxygen atoms in total. The van der Waals surface area contributed by atoms with Crippen LogP contribution in [0.3, 0.4) is 0 Å². The molecule has 0 N–H and O–H groups in total. The summed E-state index contributed by atoms with van der Waals surface area (Å²) in [5.41, 5.74) is 7.49. The Balaban J connectivity index is 2.19. The molecular weight excluding hydrogens is 306 g/mol. The first-order valence-electron chi connectivity index (χ1n) is 9.46. The Morgan fingerprint density at radius 1 is 1.16 bits per heavy atom. The molecule has 3 rings (SSSR count). The summed E-state index contributed by atoms with van der Waals surface area (Å²) in [6.45, 7) is 16.4. The minimum atomic E-state index is 0.185. The Morgan fingerprint density at radius 3 is 2.36 bits per heavy atom.